The van der Waals surface area contributed by atoms with E-state index < -0.39 is 11.7 Å². The van der Waals surface area contributed by atoms with Gasteiger partial charge in [0.2, 0.25) is 0 Å². The second-order valence-electron chi connectivity index (χ2n) is 9.24. The van der Waals surface area contributed by atoms with Crippen LogP contribution in [0.25, 0.3) is 0 Å². The molecule has 2 aromatic rings. The molecule has 0 fully saturated rings. The van der Waals surface area contributed by atoms with Gasteiger partial charge in [0, 0.05) is 33.3 Å². The molecule has 1 amide bonds. The third-order valence-electron chi connectivity index (χ3n) is 6.09. The van der Waals surface area contributed by atoms with E-state index in [-0.39, 0.29) is 17.2 Å². The topological polar surface area (TPSA) is 109 Å². The van der Waals surface area contributed by atoms with Crippen LogP contribution in [-0.2, 0) is 6.42 Å². The van der Waals surface area contributed by atoms with E-state index in [1.807, 2.05) is 32.0 Å². The van der Waals surface area contributed by atoms with Crippen LogP contribution in [0.5, 0.6) is 0 Å². The van der Waals surface area contributed by atoms with Gasteiger partial charge in [-0.05, 0) is 36.8 Å². The summed E-state index contributed by atoms with van der Waals surface area (Å²) in [4.78, 5) is 27.3. The van der Waals surface area contributed by atoms with E-state index in [0.29, 0.717) is 24.1 Å². The molecule has 0 saturated heterocycles. The molecule has 35 heavy (non-hydrogen) atoms. The lowest BCUT2D eigenvalue weighted by Crippen LogP contribution is -2.25. The number of aromatic nitrogens is 2. The minimum Gasteiger partial charge on any atom is -0.367 e. The number of carbonyl (C=O) groups excluding carboxylic acids is 1. The molecule has 1 atom stereocenters. The highest BCUT2D eigenvalue weighted by molar-refractivity contribution is 6.01. The number of nitrogens with two attached hydrogens (primary N) is 1. The maximum atomic E-state index is 14.8. The Morgan fingerprint density at radius 3 is 2.46 bits per heavy atom. The van der Waals surface area contributed by atoms with Crippen LogP contribution in [-0.4, -0.2) is 54.3 Å². The number of anilines is 3. The molecule has 8 nitrogen and oxygen atoms in total. The molecule has 0 aromatic carbocycles. The summed E-state index contributed by atoms with van der Waals surface area (Å²) >= 11 is 0. The van der Waals surface area contributed by atoms with E-state index in [4.69, 9.17) is 5.73 Å². The molecule has 2 heterocycles. The van der Waals surface area contributed by atoms with Crippen LogP contribution in [0.1, 0.15) is 68.6 Å². The Hall–Kier alpha value is -3.23. The van der Waals surface area contributed by atoms with E-state index >= 15 is 0 Å². The molecule has 9 heteroatoms. The molecule has 192 valence electrons. The first-order valence-electron chi connectivity index (χ1n) is 12.3. The SMILES string of the molecule is CCCC[C@@H](CNc1nc(Nc2cnc(CC)c(C(=NC)N(C)C)c2)c(C(N)=O)cc1F)C(C)C. The van der Waals surface area contributed by atoms with Crippen molar-refractivity contribution >= 4 is 29.1 Å². The van der Waals surface area contributed by atoms with Crippen LogP contribution in [0.3, 0.4) is 0 Å². The number of carbonyl (C=O) groups is 1. The number of aliphatic imine (C=N–C) groups is 1. The maximum absolute atomic E-state index is 14.8. The van der Waals surface area contributed by atoms with Gasteiger partial charge in [-0.3, -0.25) is 14.8 Å². The molecule has 0 saturated carbocycles. The largest absolute Gasteiger partial charge is 0.367 e. The standard InChI is InChI=1S/C26H40FN7O/c1-8-10-11-17(16(3)4)14-31-25-21(27)13-20(23(28)35)24(33-25)32-18-12-19(22(9-2)30-15-18)26(29-5)34(6)7/h12-13,15-17H,8-11,14H2,1-7H3,(H2,28,35)(H2,31,32,33)/t17-/m0/s1. The van der Waals surface area contributed by atoms with Crippen molar-refractivity contribution in [2.24, 2.45) is 22.6 Å². The molecule has 0 bridgehead atoms. The third kappa shape index (κ3) is 7.37. The first-order valence-corrected chi connectivity index (χ1v) is 12.3. The summed E-state index contributed by atoms with van der Waals surface area (Å²) in [6, 6.07) is 3.03. The van der Waals surface area contributed by atoms with Crippen LogP contribution in [0.2, 0.25) is 0 Å². The molecule has 0 aliphatic heterocycles. The number of pyridine rings is 2. The molecule has 2 rings (SSSR count). The summed E-state index contributed by atoms with van der Waals surface area (Å²) in [6.07, 6.45) is 5.68. The molecule has 0 spiro atoms. The fourth-order valence-corrected chi connectivity index (χ4v) is 4.00. The number of primary amides is 1. The van der Waals surface area contributed by atoms with Crippen LogP contribution >= 0.6 is 0 Å². The van der Waals surface area contributed by atoms with Crippen molar-refractivity contribution in [1.82, 2.24) is 14.9 Å². The monoisotopic (exact) mass is 485 g/mol. The lowest BCUT2D eigenvalue weighted by molar-refractivity contribution is 0.100. The minimum absolute atomic E-state index is 0.0300. The lowest BCUT2D eigenvalue weighted by Gasteiger charge is -2.22. The zero-order valence-electron chi connectivity index (χ0n) is 22.1. The van der Waals surface area contributed by atoms with Gasteiger partial charge < -0.3 is 21.3 Å². The van der Waals surface area contributed by atoms with Gasteiger partial charge in [-0.1, -0.05) is 40.5 Å². The highest BCUT2D eigenvalue weighted by Gasteiger charge is 2.19. The Labute approximate surface area is 208 Å². The number of amides is 1. The van der Waals surface area contributed by atoms with Crippen molar-refractivity contribution < 1.29 is 9.18 Å². The number of nitrogens with zero attached hydrogens (tertiary/aromatic N) is 4. The second kappa shape index (κ2) is 13.0. The smallest absolute Gasteiger partial charge is 0.252 e. The number of aryl methyl sites for hydroxylation is 1. The molecule has 4 N–H and O–H groups in total. The molecule has 0 aliphatic rings. The number of amidine groups is 1. The van der Waals surface area contributed by atoms with Gasteiger partial charge in [0.1, 0.15) is 11.7 Å². The molecular weight excluding hydrogens is 445 g/mol. The van der Waals surface area contributed by atoms with Gasteiger partial charge in [0.15, 0.2) is 11.6 Å². The average Bonchev–Trinajstić information content (AvgIpc) is 2.80. The summed E-state index contributed by atoms with van der Waals surface area (Å²) < 4.78 is 14.8. The van der Waals surface area contributed by atoms with Gasteiger partial charge in [-0.15, -0.1) is 0 Å². The fraction of sp³-hybridized carbons (Fsp3) is 0.538. The zero-order valence-corrected chi connectivity index (χ0v) is 22.1. The quantitative estimate of drug-likeness (QED) is 0.293. The fourth-order valence-electron chi connectivity index (χ4n) is 4.00. The Bertz CT molecular complexity index is 1040. The van der Waals surface area contributed by atoms with Gasteiger partial charge in [-0.25, -0.2) is 9.37 Å². The Morgan fingerprint density at radius 2 is 1.91 bits per heavy atom. The number of halogens is 1. The summed E-state index contributed by atoms with van der Waals surface area (Å²) in [5.74, 6) is 0.484. The molecule has 0 unspecified atom stereocenters. The van der Waals surface area contributed by atoms with Crippen molar-refractivity contribution in [3.63, 3.8) is 0 Å². The minimum atomic E-state index is -0.768. The van der Waals surface area contributed by atoms with Crippen molar-refractivity contribution in [1.29, 1.82) is 0 Å². The van der Waals surface area contributed by atoms with Gasteiger partial charge in [0.05, 0.1) is 23.1 Å². The van der Waals surface area contributed by atoms with E-state index in [2.05, 4.69) is 46.4 Å². The second-order valence-corrected chi connectivity index (χ2v) is 9.24. The molecule has 2 aromatic heterocycles. The van der Waals surface area contributed by atoms with Gasteiger partial charge >= 0.3 is 0 Å². The maximum Gasteiger partial charge on any atom is 0.252 e. The summed E-state index contributed by atoms with van der Waals surface area (Å²) in [5.41, 5.74) is 7.86. The summed E-state index contributed by atoms with van der Waals surface area (Å²) in [7, 11) is 5.55. The predicted molar refractivity (Wildman–Crippen MR) is 142 cm³/mol. The van der Waals surface area contributed by atoms with Crippen LogP contribution in [0, 0.1) is 17.7 Å². The number of nitrogens with one attached hydrogen (secondary N) is 2. The van der Waals surface area contributed by atoms with Crippen LogP contribution in [0.15, 0.2) is 23.3 Å². The van der Waals surface area contributed by atoms with E-state index in [0.717, 1.165) is 48.8 Å². The molecule has 0 aliphatic carbocycles. The molecular formula is C26H40FN7O. The predicted octanol–water partition coefficient (Wildman–Crippen LogP) is 4.83. The summed E-state index contributed by atoms with van der Waals surface area (Å²) in [5, 5.41) is 6.27. The third-order valence-corrected chi connectivity index (χ3v) is 6.09. The first-order chi connectivity index (χ1) is 16.6. The molecule has 0 radical (unpaired) electrons. The number of unbranched alkanes of at least 4 members (excludes halogenated alkanes) is 1. The van der Waals surface area contributed by atoms with E-state index in [1.165, 1.54) is 0 Å². The van der Waals surface area contributed by atoms with Crippen molar-refractivity contribution in [2.45, 2.75) is 53.4 Å². The highest BCUT2D eigenvalue weighted by Crippen LogP contribution is 2.26. The lowest BCUT2D eigenvalue weighted by atomic mass is 9.90. The first kappa shape index (κ1) is 28.0. The van der Waals surface area contributed by atoms with Gasteiger partial charge in [-0.2, -0.15) is 0 Å². The Morgan fingerprint density at radius 1 is 1.20 bits per heavy atom. The van der Waals surface area contributed by atoms with Crippen molar-refractivity contribution in [3.05, 3.63) is 41.0 Å². The summed E-state index contributed by atoms with van der Waals surface area (Å²) in [6.45, 7) is 9.11. The zero-order chi connectivity index (χ0) is 26.1. The number of hydrogen-bond donors (Lipinski definition) is 3. The number of rotatable bonds is 12. The highest BCUT2D eigenvalue weighted by atomic mass is 19.1. The Balaban J connectivity index is 2.42. The van der Waals surface area contributed by atoms with Crippen molar-refractivity contribution in [3.8, 4) is 0 Å². The van der Waals surface area contributed by atoms with Crippen LogP contribution < -0.4 is 16.4 Å². The van der Waals surface area contributed by atoms with Gasteiger partial charge in [0.25, 0.3) is 5.91 Å². The van der Waals surface area contributed by atoms with E-state index in [9.17, 15) is 9.18 Å². The van der Waals surface area contributed by atoms with Crippen LogP contribution in [0.4, 0.5) is 21.7 Å². The van der Waals surface area contributed by atoms with E-state index in [1.54, 1.807) is 13.2 Å². The average molecular weight is 486 g/mol. The Kier molecular flexibility index (Phi) is 10.4. The van der Waals surface area contributed by atoms with Crippen molar-refractivity contribution in [2.75, 3.05) is 38.3 Å². The number of hydrogen-bond acceptors (Lipinski definition) is 6. The normalized spacial score (nSPS) is 12.5.